The van der Waals surface area contributed by atoms with E-state index in [2.05, 4.69) is 41.4 Å². The van der Waals surface area contributed by atoms with Crippen LogP contribution < -0.4 is 0 Å². The fourth-order valence-electron chi connectivity index (χ4n) is 0.966. The molecule has 1 aliphatic heterocycles. The largest absolute Gasteiger partial charge is 0.392 e. The summed E-state index contributed by atoms with van der Waals surface area (Å²) >= 11 is 7.45. The van der Waals surface area contributed by atoms with E-state index in [1.165, 1.54) is 0 Å². The molecule has 0 radical (unpaired) electrons. The van der Waals surface area contributed by atoms with Gasteiger partial charge in [-0.3, -0.25) is 19.2 Å². The third kappa shape index (κ3) is 8.46. The van der Waals surface area contributed by atoms with Crippen LogP contribution in [-0.4, -0.2) is 49.9 Å². The molecule has 11 heteroatoms. The fourth-order valence-corrected chi connectivity index (χ4v) is 1.33. The van der Waals surface area contributed by atoms with Gasteiger partial charge in [-0.15, -0.1) is 5.06 Å². The quantitative estimate of drug-likeness (QED) is 0.171. The maximum Gasteiger partial charge on any atom is 0.342 e. The first-order valence-electron chi connectivity index (χ1n) is 5.33. The van der Waals surface area contributed by atoms with Crippen LogP contribution in [0.2, 0.25) is 0 Å². The van der Waals surface area contributed by atoms with Crippen LogP contribution in [0.5, 0.6) is 0 Å². The second-order valence-corrected chi connectivity index (χ2v) is 5.18. The van der Waals surface area contributed by atoms with E-state index in [-0.39, 0.29) is 27.9 Å². The normalized spacial score (nSPS) is 13.4. The number of rotatable bonds is 4. The van der Waals surface area contributed by atoms with Gasteiger partial charge in [0, 0.05) is 12.8 Å². The van der Waals surface area contributed by atoms with Gasteiger partial charge in [0.1, 0.15) is 15.1 Å². The van der Waals surface area contributed by atoms with E-state index in [0.717, 1.165) is 0 Å². The van der Waals surface area contributed by atoms with Gasteiger partial charge in [-0.1, -0.05) is 54.5 Å². The van der Waals surface area contributed by atoms with Crippen molar-refractivity contribution < 1.29 is 33.5 Å². The minimum absolute atomic E-state index is 0.0474. The zero-order valence-electron chi connectivity index (χ0n) is 10.5. The van der Waals surface area contributed by atoms with Crippen molar-refractivity contribution in [1.29, 1.82) is 0 Å². The Balaban J connectivity index is 0.000000400. The molecule has 1 heterocycles. The van der Waals surface area contributed by atoms with Crippen LogP contribution in [0.1, 0.15) is 12.8 Å². The molecule has 0 bridgehead atoms. The molecule has 0 aliphatic carbocycles. The lowest BCUT2D eigenvalue weighted by molar-refractivity contribution is -0.195. The van der Waals surface area contributed by atoms with E-state index in [9.17, 15) is 24.0 Å². The van der Waals surface area contributed by atoms with Crippen molar-refractivity contribution in [3.63, 3.8) is 0 Å². The number of hydrogen-bond donors (Lipinski definition) is 0. The van der Waals surface area contributed by atoms with Crippen LogP contribution in [-0.2, 0) is 33.5 Å². The summed E-state index contributed by atoms with van der Waals surface area (Å²) in [5.74, 6) is -2.62. The Morgan fingerprint density at radius 2 is 1.43 bits per heavy atom. The predicted molar refractivity (Wildman–Crippen MR) is 84.8 cm³/mol. The minimum atomic E-state index is -0.584. The second-order valence-electron chi connectivity index (χ2n) is 3.29. The number of esters is 2. The Morgan fingerprint density at radius 3 is 1.76 bits per heavy atom. The Morgan fingerprint density at radius 1 is 1.00 bits per heavy atom. The molecule has 8 nitrogen and oxygen atoms in total. The van der Waals surface area contributed by atoms with E-state index < -0.39 is 29.7 Å². The fraction of sp³-hybridized carbons (Fsp3) is 0.500. The molecule has 0 atom stereocenters. The highest BCUT2D eigenvalue weighted by molar-refractivity contribution is 14.1. The van der Waals surface area contributed by atoms with Gasteiger partial charge >= 0.3 is 17.9 Å². The maximum atomic E-state index is 10.9. The van der Waals surface area contributed by atoms with Crippen LogP contribution in [0.3, 0.4) is 0 Å². The van der Waals surface area contributed by atoms with Crippen molar-refractivity contribution >= 4 is 84.2 Å². The second kappa shape index (κ2) is 11.1. The smallest absolute Gasteiger partial charge is 0.342 e. The highest BCUT2D eigenvalue weighted by Crippen LogP contribution is 2.12. The van der Waals surface area contributed by atoms with Gasteiger partial charge in [-0.05, 0) is 0 Å². The number of alkyl halides is 3. The average Bonchev–Trinajstić information content (AvgIpc) is 2.79. The molecule has 0 aromatic rings. The number of hydroxylamine groups is 2. The lowest BCUT2D eigenvalue weighted by Crippen LogP contribution is -2.32. The Hall–Kier alpha value is -0.560. The molecule has 1 rings (SSSR count). The number of ether oxygens (including phenoxy) is 1. The summed E-state index contributed by atoms with van der Waals surface area (Å²) in [7, 11) is 0. The molecule has 1 fully saturated rings. The minimum Gasteiger partial charge on any atom is -0.392 e. The van der Waals surface area contributed by atoms with E-state index in [0.29, 0.717) is 5.06 Å². The van der Waals surface area contributed by atoms with Gasteiger partial charge in [0.25, 0.3) is 11.8 Å². The average molecular weight is 543 g/mol. The first-order chi connectivity index (χ1) is 9.85. The van der Waals surface area contributed by atoms with Crippen molar-refractivity contribution in [2.24, 2.45) is 0 Å². The molecule has 1 saturated heterocycles. The molecule has 21 heavy (non-hydrogen) atoms. The molecule has 0 spiro atoms. The van der Waals surface area contributed by atoms with Gasteiger partial charge in [0.2, 0.25) is 0 Å². The number of nitrogens with zero attached hydrogens (tertiary/aromatic N) is 1. The van der Waals surface area contributed by atoms with Crippen molar-refractivity contribution in [3.8, 4) is 0 Å². The zero-order chi connectivity index (χ0) is 16.4. The molecular weight excluding hydrogens is 533 g/mol. The number of carbonyl (C=O) groups excluding carboxylic acids is 5. The monoisotopic (exact) mass is 541 g/mol. The molecule has 0 N–H and O–H groups in total. The van der Waals surface area contributed by atoms with Gasteiger partial charge in [-0.25, -0.2) is 4.79 Å². The summed E-state index contributed by atoms with van der Waals surface area (Å²) < 4.78 is 4.30. The van der Waals surface area contributed by atoms with E-state index in [4.69, 9.17) is 0 Å². The SMILES string of the molecule is O=C(CBr)OC(=O)CBr.O=C(CI)ON1C(=O)CCC1=O. The Labute approximate surface area is 150 Å². The van der Waals surface area contributed by atoms with Crippen LogP contribution in [0.25, 0.3) is 0 Å². The van der Waals surface area contributed by atoms with Gasteiger partial charge < -0.3 is 9.57 Å². The topological polar surface area (TPSA) is 107 Å². The summed E-state index contributed by atoms with van der Waals surface area (Å²) in [4.78, 5) is 57.4. The highest BCUT2D eigenvalue weighted by atomic mass is 127. The molecular formula is C10H10Br2INO7. The van der Waals surface area contributed by atoms with Gasteiger partial charge in [-0.2, -0.15) is 0 Å². The maximum absolute atomic E-state index is 10.9. The standard InChI is InChI=1S/C6H6INO4.C4H4Br2O3/c7-3-6(11)12-8-4(9)1-2-5(8)10;5-1-3(7)9-4(8)2-6/h1-3H2;1-2H2. The van der Waals surface area contributed by atoms with Crippen molar-refractivity contribution in [3.05, 3.63) is 0 Å². The van der Waals surface area contributed by atoms with Crippen LogP contribution in [0.15, 0.2) is 0 Å². The third-order valence-electron chi connectivity index (χ3n) is 1.75. The zero-order valence-corrected chi connectivity index (χ0v) is 15.8. The van der Waals surface area contributed by atoms with Crippen LogP contribution >= 0.6 is 54.5 Å². The summed E-state index contributed by atoms with van der Waals surface area (Å²) in [5, 5.41) is 0.637. The summed E-state index contributed by atoms with van der Waals surface area (Å²) in [5.41, 5.74) is 0. The van der Waals surface area contributed by atoms with Gasteiger partial charge in [0.05, 0.1) is 0 Å². The first-order valence-corrected chi connectivity index (χ1v) is 9.10. The van der Waals surface area contributed by atoms with Gasteiger partial charge in [0.15, 0.2) is 0 Å². The predicted octanol–water partition coefficient (Wildman–Crippen LogP) is 0.875. The number of halogens is 3. The molecule has 2 amide bonds. The Bertz CT molecular complexity index is 413. The van der Waals surface area contributed by atoms with E-state index in [1.807, 2.05) is 0 Å². The summed E-state index contributed by atoms with van der Waals surface area (Å²) in [6.45, 7) is 0. The first kappa shape index (κ1) is 20.4. The lowest BCUT2D eigenvalue weighted by atomic mass is 10.4. The third-order valence-corrected chi connectivity index (χ3v) is 3.29. The molecule has 0 unspecified atom stereocenters. The summed E-state index contributed by atoms with van der Waals surface area (Å²) in [6.07, 6.45) is 0.265. The molecule has 0 saturated carbocycles. The van der Waals surface area contributed by atoms with E-state index in [1.54, 1.807) is 22.6 Å². The van der Waals surface area contributed by atoms with Crippen LogP contribution in [0.4, 0.5) is 0 Å². The molecule has 0 aromatic heterocycles. The number of imide groups is 1. The molecule has 0 aromatic carbocycles. The lowest BCUT2D eigenvalue weighted by Gasteiger charge is -2.10. The van der Waals surface area contributed by atoms with E-state index >= 15 is 0 Å². The molecule has 118 valence electrons. The molecule has 1 aliphatic rings. The van der Waals surface area contributed by atoms with Crippen molar-refractivity contribution in [1.82, 2.24) is 5.06 Å². The van der Waals surface area contributed by atoms with Crippen LogP contribution in [0, 0.1) is 0 Å². The highest BCUT2D eigenvalue weighted by Gasteiger charge is 2.32. The number of hydrogen-bond acceptors (Lipinski definition) is 7. The van der Waals surface area contributed by atoms with Crippen molar-refractivity contribution in [2.45, 2.75) is 12.8 Å². The number of carbonyl (C=O) groups is 5. The Kier molecular flexibility index (Phi) is 10.8. The number of amides is 2. The van der Waals surface area contributed by atoms with Crippen molar-refractivity contribution in [2.75, 3.05) is 15.1 Å². The summed E-state index contributed by atoms with van der Waals surface area (Å²) in [6, 6.07) is 0.